The van der Waals surface area contributed by atoms with Crippen LogP contribution in [0.15, 0.2) is 42.5 Å². The van der Waals surface area contributed by atoms with Crippen LogP contribution in [0.4, 0.5) is 13.2 Å². The molecule has 0 aliphatic carbocycles. The molecule has 2 aromatic carbocycles. The maximum absolute atomic E-state index is 12.6. The molecule has 0 aliphatic heterocycles. The number of benzene rings is 2. The fourth-order valence-corrected chi connectivity index (χ4v) is 2.43. The molecule has 0 saturated heterocycles. The highest BCUT2D eigenvalue weighted by Gasteiger charge is 2.29. The molecule has 2 aromatic rings. The van der Waals surface area contributed by atoms with Gasteiger partial charge in [-0.1, -0.05) is 18.2 Å². The first-order valence-electron chi connectivity index (χ1n) is 8.58. The minimum atomic E-state index is -4.36. The lowest BCUT2D eigenvalue weighted by molar-refractivity contribution is -0.137. The number of methoxy groups -OCH3 is 1. The average Bonchev–Trinajstić information content (AvgIpc) is 2.65. The first-order chi connectivity index (χ1) is 12.9. The molecule has 7 heteroatoms. The summed E-state index contributed by atoms with van der Waals surface area (Å²) < 4.78 is 54.3. The number of halogens is 3. The van der Waals surface area contributed by atoms with Gasteiger partial charge in [-0.15, -0.1) is 0 Å². The van der Waals surface area contributed by atoms with E-state index >= 15 is 0 Å². The molecule has 0 spiro atoms. The quantitative estimate of drug-likeness (QED) is 0.623. The Morgan fingerprint density at radius 2 is 1.70 bits per heavy atom. The number of aliphatic hydroxyl groups excluding tert-OH is 1. The lowest BCUT2D eigenvalue weighted by Crippen LogP contribution is -2.06. The summed E-state index contributed by atoms with van der Waals surface area (Å²) in [6.07, 6.45) is -3.15. The Kier molecular flexibility index (Phi) is 7.94. The standard InChI is InChI=1S/C20H23F3O4/c1-25-11-12-26-18-9-6-16(3-2-10-24)19(13-18)27-14-15-4-7-17(8-5-15)20(21,22)23/h4-9,13,24H,2-3,10-12,14H2,1H3. The SMILES string of the molecule is COCCOc1ccc(CCCO)c(OCc2ccc(C(F)(F)F)cc2)c1. The van der Waals surface area contributed by atoms with Crippen LogP contribution >= 0.6 is 0 Å². The highest BCUT2D eigenvalue weighted by atomic mass is 19.4. The van der Waals surface area contributed by atoms with E-state index in [-0.39, 0.29) is 13.2 Å². The first kappa shape index (κ1) is 21.1. The second-order valence-corrected chi connectivity index (χ2v) is 5.92. The van der Waals surface area contributed by atoms with Gasteiger partial charge in [0.2, 0.25) is 0 Å². The smallest absolute Gasteiger partial charge is 0.416 e. The molecule has 148 valence electrons. The Morgan fingerprint density at radius 1 is 0.963 bits per heavy atom. The third-order valence-corrected chi connectivity index (χ3v) is 3.87. The number of alkyl halides is 3. The molecule has 0 atom stereocenters. The van der Waals surface area contributed by atoms with Gasteiger partial charge in [-0.25, -0.2) is 0 Å². The molecule has 0 aromatic heterocycles. The lowest BCUT2D eigenvalue weighted by atomic mass is 10.1. The molecule has 0 fully saturated rings. The molecule has 0 amide bonds. The van der Waals surface area contributed by atoms with Crippen LogP contribution in [0.5, 0.6) is 11.5 Å². The van der Waals surface area contributed by atoms with Gasteiger partial charge in [-0.2, -0.15) is 13.2 Å². The molecule has 0 bridgehead atoms. The summed E-state index contributed by atoms with van der Waals surface area (Å²) in [6.45, 7) is 1.04. The summed E-state index contributed by atoms with van der Waals surface area (Å²) in [4.78, 5) is 0. The Labute approximate surface area is 156 Å². The van der Waals surface area contributed by atoms with Crippen LogP contribution in [0.25, 0.3) is 0 Å². The minimum Gasteiger partial charge on any atom is -0.491 e. The largest absolute Gasteiger partial charge is 0.491 e. The second-order valence-electron chi connectivity index (χ2n) is 5.92. The molecule has 0 saturated carbocycles. The number of aliphatic hydroxyl groups is 1. The van der Waals surface area contributed by atoms with E-state index in [2.05, 4.69) is 0 Å². The normalized spacial score (nSPS) is 11.4. The Bertz CT molecular complexity index is 699. The average molecular weight is 384 g/mol. The highest BCUT2D eigenvalue weighted by molar-refractivity contribution is 5.41. The predicted octanol–water partition coefficient (Wildman–Crippen LogP) is 4.23. The van der Waals surface area contributed by atoms with Crippen molar-refractivity contribution in [3.8, 4) is 11.5 Å². The van der Waals surface area contributed by atoms with Crippen LogP contribution in [0.1, 0.15) is 23.1 Å². The van der Waals surface area contributed by atoms with Gasteiger partial charge < -0.3 is 19.3 Å². The maximum atomic E-state index is 12.6. The van der Waals surface area contributed by atoms with Crippen LogP contribution in [0.2, 0.25) is 0 Å². The van der Waals surface area contributed by atoms with Gasteiger partial charge in [-0.3, -0.25) is 0 Å². The molecule has 27 heavy (non-hydrogen) atoms. The van der Waals surface area contributed by atoms with E-state index in [1.807, 2.05) is 12.1 Å². The van der Waals surface area contributed by atoms with Crippen LogP contribution in [-0.4, -0.2) is 32.0 Å². The predicted molar refractivity (Wildman–Crippen MR) is 95.0 cm³/mol. The molecular weight excluding hydrogens is 361 g/mol. The summed E-state index contributed by atoms with van der Waals surface area (Å²) in [5.74, 6) is 1.19. The van der Waals surface area contributed by atoms with Crippen molar-refractivity contribution in [3.05, 3.63) is 59.2 Å². The van der Waals surface area contributed by atoms with Gasteiger partial charge in [0.25, 0.3) is 0 Å². The van der Waals surface area contributed by atoms with Gasteiger partial charge in [0.05, 0.1) is 12.2 Å². The maximum Gasteiger partial charge on any atom is 0.416 e. The van der Waals surface area contributed by atoms with E-state index in [4.69, 9.17) is 19.3 Å². The van der Waals surface area contributed by atoms with Crippen LogP contribution in [-0.2, 0) is 23.9 Å². The van der Waals surface area contributed by atoms with Crippen LogP contribution < -0.4 is 9.47 Å². The summed E-state index contributed by atoms with van der Waals surface area (Å²) in [5, 5.41) is 9.04. The van der Waals surface area contributed by atoms with Crippen molar-refractivity contribution < 1.29 is 32.5 Å². The van der Waals surface area contributed by atoms with Gasteiger partial charge >= 0.3 is 6.18 Å². The number of hydrogen-bond acceptors (Lipinski definition) is 4. The van der Waals surface area contributed by atoms with E-state index in [1.54, 1.807) is 13.2 Å². The molecule has 0 heterocycles. The molecule has 0 radical (unpaired) electrons. The van der Waals surface area contributed by atoms with Crippen molar-refractivity contribution in [1.82, 2.24) is 0 Å². The Morgan fingerprint density at radius 3 is 2.33 bits per heavy atom. The van der Waals surface area contributed by atoms with Crippen LogP contribution in [0, 0.1) is 0 Å². The zero-order valence-electron chi connectivity index (χ0n) is 15.1. The Hall–Kier alpha value is -2.25. The minimum absolute atomic E-state index is 0.0600. The zero-order valence-corrected chi connectivity index (χ0v) is 15.1. The molecule has 4 nitrogen and oxygen atoms in total. The van der Waals surface area contributed by atoms with Crippen molar-refractivity contribution in [2.45, 2.75) is 25.6 Å². The van der Waals surface area contributed by atoms with Crippen molar-refractivity contribution in [2.75, 3.05) is 26.9 Å². The van der Waals surface area contributed by atoms with E-state index in [9.17, 15) is 13.2 Å². The monoisotopic (exact) mass is 384 g/mol. The number of hydrogen-bond donors (Lipinski definition) is 1. The van der Waals surface area contributed by atoms with Crippen molar-refractivity contribution >= 4 is 0 Å². The molecule has 0 unspecified atom stereocenters. The van der Waals surface area contributed by atoms with E-state index in [1.165, 1.54) is 12.1 Å². The lowest BCUT2D eigenvalue weighted by Gasteiger charge is -2.14. The molecule has 0 aliphatic rings. The number of ether oxygens (including phenoxy) is 3. The summed E-state index contributed by atoms with van der Waals surface area (Å²) in [6, 6.07) is 10.3. The van der Waals surface area contributed by atoms with Gasteiger partial charge in [0.1, 0.15) is 24.7 Å². The van der Waals surface area contributed by atoms with Gasteiger partial charge in [0.15, 0.2) is 0 Å². The van der Waals surface area contributed by atoms with E-state index in [0.717, 1.165) is 17.7 Å². The fraction of sp³-hybridized carbons (Fsp3) is 0.400. The molecule has 2 rings (SSSR count). The summed E-state index contributed by atoms with van der Waals surface area (Å²) >= 11 is 0. The van der Waals surface area contributed by atoms with Crippen LogP contribution in [0.3, 0.4) is 0 Å². The first-order valence-corrected chi connectivity index (χ1v) is 8.58. The highest BCUT2D eigenvalue weighted by Crippen LogP contribution is 2.30. The van der Waals surface area contributed by atoms with Gasteiger partial charge in [0, 0.05) is 19.8 Å². The topological polar surface area (TPSA) is 47.9 Å². The number of rotatable bonds is 10. The number of aryl methyl sites for hydroxylation is 1. The second kappa shape index (κ2) is 10.2. The van der Waals surface area contributed by atoms with Crippen molar-refractivity contribution in [1.29, 1.82) is 0 Å². The third kappa shape index (κ3) is 6.77. The van der Waals surface area contributed by atoms with E-state index in [0.29, 0.717) is 43.1 Å². The zero-order chi connectivity index (χ0) is 19.7. The molecular formula is C20H23F3O4. The summed E-state index contributed by atoms with van der Waals surface area (Å²) in [7, 11) is 1.58. The third-order valence-electron chi connectivity index (χ3n) is 3.87. The summed E-state index contributed by atoms with van der Waals surface area (Å²) in [5.41, 5.74) is 0.834. The van der Waals surface area contributed by atoms with Crippen molar-refractivity contribution in [3.63, 3.8) is 0 Å². The van der Waals surface area contributed by atoms with E-state index < -0.39 is 11.7 Å². The Balaban J connectivity index is 2.08. The van der Waals surface area contributed by atoms with Crippen molar-refractivity contribution in [2.24, 2.45) is 0 Å². The molecule has 1 N–H and O–H groups in total. The van der Waals surface area contributed by atoms with Gasteiger partial charge in [-0.05, 0) is 42.2 Å². The fourth-order valence-electron chi connectivity index (χ4n) is 2.43.